The Hall–Kier alpha value is -0.410. The van der Waals surface area contributed by atoms with Gasteiger partial charge < -0.3 is 5.32 Å². The number of hydrogen-bond acceptors (Lipinski definition) is 3. The van der Waals surface area contributed by atoms with Crippen molar-refractivity contribution < 1.29 is 0 Å². The summed E-state index contributed by atoms with van der Waals surface area (Å²) in [7, 11) is 0. The molecule has 0 saturated heterocycles. The van der Waals surface area contributed by atoms with E-state index >= 15 is 0 Å². The Morgan fingerprint density at radius 3 is 3.00 bits per heavy atom. The van der Waals surface area contributed by atoms with Crippen LogP contribution in [-0.2, 0) is 5.54 Å². The summed E-state index contributed by atoms with van der Waals surface area (Å²) in [5.41, 5.74) is 0.163. The molecule has 96 valence electrons. The molecule has 0 aromatic carbocycles. The van der Waals surface area contributed by atoms with Crippen molar-refractivity contribution in [1.29, 1.82) is 0 Å². The van der Waals surface area contributed by atoms with Gasteiger partial charge >= 0.3 is 0 Å². The Balaban J connectivity index is 2.22. The molecule has 0 radical (unpaired) electrons. The van der Waals surface area contributed by atoms with Gasteiger partial charge in [0.1, 0.15) is 5.01 Å². The number of thiazole rings is 1. The van der Waals surface area contributed by atoms with E-state index in [0.29, 0.717) is 0 Å². The Labute approximate surface area is 109 Å². The summed E-state index contributed by atoms with van der Waals surface area (Å²) < 4.78 is 0. The maximum Gasteiger partial charge on any atom is 0.113 e. The average molecular weight is 252 g/mol. The molecule has 0 aliphatic heterocycles. The summed E-state index contributed by atoms with van der Waals surface area (Å²) in [4.78, 5) is 4.58. The van der Waals surface area contributed by atoms with Crippen LogP contribution in [0.4, 0.5) is 0 Å². The summed E-state index contributed by atoms with van der Waals surface area (Å²) in [6.07, 6.45) is 7.16. The molecule has 17 heavy (non-hydrogen) atoms. The van der Waals surface area contributed by atoms with E-state index in [-0.39, 0.29) is 5.54 Å². The maximum absolute atomic E-state index is 4.58. The number of hydrogen-bond donors (Lipinski definition) is 1. The highest BCUT2D eigenvalue weighted by Gasteiger charge is 2.39. The van der Waals surface area contributed by atoms with Crippen molar-refractivity contribution >= 4 is 11.3 Å². The zero-order chi connectivity index (χ0) is 12.3. The van der Waals surface area contributed by atoms with Crippen LogP contribution in [0.15, 0.2) is 11.6 Å². The van der Waals surface area contributed by atoms with Gasteiger partial charge in [-0.05, 0) is 31.2 Å². The molecule has 1 fully saturated rings. The number of aromatic nitrogens is 1. The number of nitrogens with zero attached hydrogens (tertiary/aromatic N) is 1. The Kier molecular flexibility index (Phi) is 4.21. The maximum atomic E-state index is 4.58. The Morgan fingerprint density at radius 2 is 2.41 bits per heavy atom. The van der Waals surface area contributed by atoms with Crippen molar-refractivity contribution in [2.75, 3.05) is 6.54 Å². The minimum Gasteiger partial charge on any atom is -0.306 e. The van der Waals surface area contributed by atoms with Gasteiger partial charge in [0.05, 0.1) is 5.54 Å². The molecule has 0 bridgehead atoms. The van der Waals surface area contributed by atoms with E-state index < -0.39 is 0 Å². The molecule has 2 atom stereocenters. The lowest BCUT2D eigenvalue weighted by molar-refractivity contribution is 0.149. The van der Waals surface area contributed by atoms with Gasteiger partial charge in [0, 0.05) is 11.6 Å². The molecule has 3 heteroatoms. The van der Waals surface area contributed by atoms with E-state index in [0.717, 1.165) is 18.4 Å². The molecule has 2 nitrogen and oxygen atoms in total. The second-order valence-electron chi connectivity index (χ2n) is 5.55. The molecule has 1 aromatic heterocycles. The van der Waals surface area contributed by atoms with Gasteiger partial charge in [-0.25, -0.2) is 4.98 Å². The van der Waals surface area contributed by atoms with Gasteiger partial charge in [0.15, 0.2) is 0 Å². The predicted octanol–water partition coefficient (Wildman–Crippen LogP) is 3.79. The average Bonchev–Trinajstić information content (AvgIpc) is 2.83. The molecule has 2 unspecified atom stereocenters. The summed E-state index contributed by atoms with van der Waals surface area (Å²) in [5.74, 6) is 1.62. The summed E-state index contributed by atoms with van der Waals surface area (Å²) >= 11 is 1.81. The topological polar surface area (TPSA) is 24.9 Å². The van der Waals surface area contributed by atoms with Crippen molar-refractivity contribution in [3.8, 4) is 0 Å². The van der Waals surface area contributed by atoms with Crippen molar-refractivity contribution in [2.45, 2.75) is 52.0 Å². The zero-order valence-corrected chi connectivity index (χ0v) is 12.0. The molecular formula is C14H24N2S. The van der Waals surface area contributed by atoms with Crippen LogP contribution in [-0.4, -0.2) is 11.5 Å². The van der Waals surface area contributed by atoms with Crippen molar-refractivity contribution in [3.05, 3.63) is 16.6 Å². The minimum absolute atomic E-state index is 0.163. The van der Waals surface area contributed by atoms with Crippen molar-refractivity contribution in [1.82, 2.24) is 10.3 Å². The van der Waals surface area contributed by atoms with Gasteiger partial charge in [-0.15, -0.1) is 11.3 Å². The van der Waals surface area contributed by atoms with E-state index in [1.807, 2.05) is 17.5 Å². The fraction of sp³-hybridized carbons (Fsp3) is 0.786. The van der Waals surface area contributed by atoms with Crippen molar-refractivity contribution in [2.24, 2.45) is 11.8 Å². The van der Waals surface area contributed by atoms with Gasteiger partial charge in [-0.2, -0.15) is 0 Å². The monoisotopic (exact) mass is 252 g/mol. The van der Waals surface area contributed by atoms with E-state index in [1.165, 1.54) is 30.7 Å². The molecule has 1 saturated carbocycles. The van der Waals surface area contributed by atoms with Gasteiger partial charge in [-0.3, -0.25) is 0 Å². The van der Waals surface area contributed by atoms with E-state index in [9.17, 15) is 0 Å². The van der Waals surface area contributed by atoms with E-state index in [4.69, 9.17) is 0 Å². The summed E-state index contributed by atoms with van der Waals surface area (Å²) in [6, 6.07) is 0. The van der Waals surface area contributed by atoms with Crippen LogP contribution in [0.5, 0.6) is 0 Å². The molecule has 0 spiro atoms. The van der Waals surface area contributed by atoms with Crippen molar-refractivity contribution in [3.63, 3.8) is 0 Å². The van der Waals surface area contributed by atoms with Crippen LogP contribution in [0.3, 0.4) is 0 Å². The SMILES string of the molecule is CCNC1(c2nccs2)CCCC(C(C)C)C1. The summed E-state index contributed by atoms with van der Waals surface area (Å²) in [5, 5.41) is 7.13. The largest absolute Gasteiger partial charge is 0.306 e. The lowest BCUT2D eigenvalue weighted by Crippen LogP contribution is -2.46. The first-order chi connectivity index (χ1) is 8.18. The third-order valence-electron chi connectivity index (χ3n) is 4.09. The van der Waals surface area contributed by atoms with Crippen LogP contribution in [0, 0.1) is 11.8 Å². The molecule has 1 aromatic rings. The zero-order valence-electron chi connectivity index (χ0n) is 11.2. The number of rotatable bonds is 4. The molecule has 0 amide bonds. The third kappa shape index (κ3) is 2.71. The predicted molar refractivity (Wildman–Crippen MR) is 74.3 cm³/mol. The number of nitrogens with one attached hydrogen (secondary N) is 1. The minimum atomic E-state index is 0.163. The molecule has 1 aliphatic rings. The highest BCUT2D eigenvalue weighted by Crippen LogP contribution is 2.43. The second kappa shape index (κ2) is 5.49. The first-order valence-corrected chi connectivity index (χ1v) is 7.71. The first kappa shape index (κ1) is 13.0. The molecule has 1 aliphatic carbocycles. The molecule has 1 N–H and O–H groups in total. The summed E-state index contributed by atoms with van der Waals surface area (Å²) in [6.45, 7) is 7.95. The van der Waals surface area contributed by atoms with Crippen LogP contribution in [0.25, 0.3) is 0 Å². The third-order valence-corrected chi connectivity index (χ3v) is 5.07. The van der Waals surface area contributed by atoms with Gasteiger partial charge in [-0.1, -0.05) is 33.6 Å². The van der Waals surface area contributed by atoms with E-state index in [1.54, 1.807) is 0 Å². The fourth-order valence-corrected chi connectivity index (χ4v) is 3.97. The quantitative estimate of drug-likeness (QED) is 0.882. The van der Waals surface area contributed by atoms with E-state index in [2.05, 4.69) is 36.5 Å². The smallest absolute Gasteiger partial charge is 0.113 e. The molecule has 2 rings (SSSR count). The second-order valence-corrected chi connectivity index (χ2v) is 6.44. The van der Waals surface area contributed by atoms with Gasteiger partial charge in [0.25, 0.3) is 0 Å². The standard InChI is InChI=1S/C14H24N2S/c1-4-16-14(13-15-8-9-17-13)7-5-6-12(10-14)11(2)3/h8-9,11-12,16H,4-7,10H2,1-3H3. The molecular weight excluding hydrogens is 228 g/mol. The van der Waals surface area contributed by atoms with Gasteiger partial charge in [0.2, 0.25) is 0 Å². The highest BCUT2D eigenvalue weighted by molar-refractivity contribution is 7.09. The first-order valence-electron chi connectivity index (χ1n) is 6.83. The van der Waals surface area contributed by atoms with Crippen LogP contribution >= 0.6 is 11.3 Å². The van der Waals surface area contributed by atoms with Crippen LogP contribution in [0.1, 0.15) is 51.5 Å². The normalized spacial score (nSPS) is 29.8. The highest BCUT2D eigenvalue weighted by atomic mass is 32.1. The fourth-order valence-electron chi connectivity index (χ4n) is 3.12. The van der Waals surface area contributed by atoms with Crippen LogP contribution < -0.4 is 5.32 Å². The molecule has 1 heterocycles. The lowest BCUT2D eigenvalue weighted by atomic mass is 9.72. The Morgan fingerprint density at radius 1 is 1.59 bits per heavy atom. The Bertz CT molecular complexity index is 330. The van der Waals surface area contributed by atoms with Crippen LogP contribution in [0.2, 0.25) is 0 Å². The lowest BCUT2D eigenvalue weighted by Gasteiger charge is -2.41.